The number of benzene rings is 6. The second kappa shape index (κ2) is 18.4. The number of hydrogen-bond acceptors (Lipinski definition) is 4. The highest BCUT2D eigenvalue weighted by Crippen LogP contribution is 2.39. The van der Waals surface area contributed by atoms with E-state index in [1.54, 1.807) is 14.2 Å². The Hall–Kier alpha value is -5.16. The van der Waals surface area contributed by atoms with Gasteiger partial charge < -0.3 is 19.7 Å². The molecule has 4 heteroatoms. The van der Waals surface area contributed by atoms with E-state index < -0.39 is 0 Å². The molecule has 0 unspecified atom stereocenters. The standard InChI is InChI=1S/C57H68O4/c1-33-17-51(31-58)35(3)15-43(33)23-47-27-53(29-49(41(47)9)25-45-19-39(7)55(60-13)21-37(45)5)57(11,12)54-28-48(24-44-16-36(4)52(32-59)18-34(44)2)42(10)50(30-54)26-46-20-40(8)56(61-14)22-38(46)6/h15-22,27-30,58-59H,23-26,31-32H2,1-14H3. The first kappa shape index (κ1) is 45.4. The molecule has 0 fully saturated rings. The molecule has 0 bridgehead atoms. The molecule has 0 radical (unpaired) electrons. The monoisotopic (exact) mass is 817 g/mol. The molecule has 6 aromatic carbocycles. The molecule has 0 aliphatic rings. The Balaban J connectivity index is 1.55. The van der Waals surface area contributed by atoms with Gasteiger partial charge >= 0.3 is 0 Å². The van der Waals surface area contributed by atoms with Crippen molar-refractivity contribution in [2.75, 3.05) is 14.2 Å². The number of aryl methyl sites for hydroxylation is 8. The summed E-state index contributed by atoms with van der Waals surface area (Å²) in [6.07, 6.45) is 3.27. The van der Waals surface area contributed by atoms with Gasteiger partial charge in [-0.3, -0.25) is 0 Å². The summed E-state index contributed by atoms with van der Waals surface area (Å²) in [5, 5.41) is 20.1. The van der Waals surface area contributed by atoms with Crippen LogP contribution in [0.2, 0.25) is 0 Å². The Morgan fingerprint density at radius 1 is 0.344 bits per heavy atom. The molecule has 0 aliphatic heterocycles. The molecular formula is C57H68O4. The van der Waals surface area contributed by atoms with Crippen LogP contribution < -0.4 is 9.47 Å². The molecule has 2 N–H and O–H groups in total. The lowest BCUT2D eigenvalue weighted by atomic mass is 9.73. The molecule has 61 heavy (non-hydrogen) atoms. The lowest BCUT2D eigenvalue weighted by Crippen LogP contribution is -2.22. The Morgan fingerprint density at radius 2 is 0.590 bits per heavy atom. The van der Waals surface area contributed by atoms with Crippen molar-refractivity contribution in [2.45, 2.75) is 127 Å². The summed E-state index contributed by atoms with van der Waals surface area (Å²) < 4.78 is 11.4. The van der Waals surface area contributed by atoms with Crippen molar-refractivity contribution >= 4 is 0 Å². The third-order valence-corrected chi connectivity index (χ3v) is 13.8. The van der Waals surface area contributed by atoms with E-state index in [2.05, 4.69) is 156 Å². The van der Waals surface area contributed by atoms with Crippen molar-refractivity contribution in [3.05, 3.63) is 195 Å². The largest absolute Gasteiger partial charge is 0.496 e. The van der Waals surface area contributed by atoms with Gasteiger partial charge in [-0.05, 0) is 229 Å². The van der Waals surface area contributed by atoms with E-state index in [0.29, 0.717) is 0 Å². The average molecular weight is 817 g/mol. The van der Waals surface area contributed by atoms with Crippen LogP contribution in [0.15, 0.2) is 72.8 Å². The highest BCUT2D eigenvalue weighted by molar-refractivity contribution is 5.55. The van der Waals surface area contributed by atoms with E-state index in [-0.39, 0.29) is 18.6 Å². The minimum atomic E-state index is -0.346. The highest BCUT2D eigenvalue weighted by atomic mass is 16.5. The minimum absolute atomic E-state index is 0.0474. The van der Waals surface area contributed by atoms with Gasteiger partial charge in [0.15, 0.2) is 0 Å². The van der Waals surface area contributed by atoms with Crippen LogP contribution in [0.5, 0.6) is 11.5 Å². The van der Waals surface area contributed by atoms with Crippen LogP contribution in [0.1, 0.15) is 136 Å². The Bertz CT molecular complexity index is 2260. The fraction of sp³-hybridized carbons (Fsp3) is 0.368. The summed E-state index contributed by atoms with van der Waals surface area (Å²) in [6, 6.07) is 27.7. The zero-order chi connectivity index (χ0) is 44.5. The van der Waals surface area contributed by atoms with Gasteiger partial charge in [-0.2, -0.15) is 0 Å². The third kappa shape index (κ3) is 9.52. The van der Waals surface area contributed by atoms with Crippen molar-refractivity contribution in [2.24, 2.45) is 0 Å². The van der Waals surface area contributed by atoms with Gasteiger partial charge in [0.25, 0.3) is 0 Å². The lowest BCUT2D eigenvalue weighted by molar-refractivity contribution is 0.280. The first-order valence-electron chi connectivity index (χ1n) is 21.8. The van der Waals surface area contributed by atoms with E-state index in [9.17, 15) is 10.2 Å². The first-order valence-corrected chi connectivity index (χ1v) is 21.8. The zero-order valence-electron chi connectivity index (χ0n) is 39.4. The second-order valence-corrected chi connectivity index (χ2v) is 18.4. The van der Waals surface area contributed by atoms with Crippen LogP contribution in [0.25, 0.3) is 0 Å². The van der Waals surface area contributed by atoms with Gasteiger partial charge in [-0.1, -0.05) is 74.5 Å². The molecule has 0 heterocycles. The van der Waals surface area contributed by atoms with E-state index in [1.165, 1.54) is 89.0 Å². The molecule has 6 aromatic rings. The summed E-state index contributed by atoms with van der Waals surface area (Å²) in [6.45, 7) is 26.7. The van der Waals surface area contributed by atoms with Crippen LogP contribution in [0.4, 0.5) is 0 Å². The topological polar surface area (TPSA) is 58.9 Å². The van der Waals surface area contributed by atoms with E-state index in [1.807, 2.05) is 0 Å². The summed E-state index contributed by atoms with van der Waals surface area (Å²) in [7, 11) is 3.49. The van der Waals surface area contributed by atoms with Gasteiger partial charge in [0.1, 0.15) is 11.5 Å². The average Bonchev–Trinajstić information content (AvgIpc) is 3.22. The van der Waals surface area contributed by atoms with Crippen LogP contribution in [0, 0.1) is 69.2 Å². The van der Waals surface area contributed by atoms with Gasteiger partial charge in [0, 0.05) is 5.41 Å². The third-order valence-electron chi connectivity index (χ3n) is 13.8. The van der Waals surface area contributed by atoms with Crippen molar-refractivity contribution in [1.29, 1.82) is 0 Å². The van der Waals surface area contributed by atoms with Crippen molar-refractivity contribution in [3.8, 4) is 11.5 Å². The van der Waals surface area contributed by atoms with Crippen LogP contribution >= 0.6 is 0 Å². The predicted octanol–water partition coefficient (Wildman–Crippen LogP) is 12.5. The van der Waals surface area contributed by atoms with E-state index in [4.69, 9.17) is 9.47 Å². The molecule has 0 atom stereocenters. The first-order chi connectivity index (χ1) is 28.9. The molecular weight excluding hydrogens is 749 g/mol. The fourth-order valence-corrected chi connectivity index (χ4v) is 9.24. The Morgan fingerprint density at radius 3 is 0.869 bits per heavy atom. The second-order valence-electron chi connectivity index (χ2n) is 18.4. The normalized spacial score (nSPS) is 11.7. The number of ether oxygens (including phenoxy) is 2. The molecule has 0 amide bonds. The van der Waals surface area contributed by atoms with Gasteiger partial charge in [0.2, 0.25) is 0 Å². The molecule has 0 saturated carbocycles. The summed E-state index contributed by atoms with van der Waals surface area (Å²) in [5.41, 5.74) is 26.8. The van der Waals surface area contributed by atoms with Crippen LogP contribution in [-0.2, 0) is 44.3 Å². The molecule has 0 aliphatic carbocycles. The maximum Gasteiger partial charge on any atom is 0.122 e. The number of rotatable bonds is 14. The van der Waals surface area contributed by atoms with Crippen LogP contribution in [-0.4, -0.2) is 24.4 Å². The number of hydrogen-bond donors (Lipinski definition) is 2. The lowest BCUT2D eigenvalue weighted by Gasteiger charge is -2.31. The molecule has 4 nitrogen and oxygen atoms in total. The highest BCUT2D eigenvalue weighted by Gasteiger charge is 2.28. The predicted molar refractivity (Wildman–Crippen MR) is 254 cm³/mol. The zero-order valence-corrected chi connectivity index (χ0v) is 39.4. The van der Waals surface area contributed by atoms with Crippen LogP contribution in [0.3, 0.4) is 0 Å². The number of methoxy groups -OCH3 is 2. The molecule has 320 valence electrons. The summed E-state index contributed by atoms with van der Waals surface area (Å²) >= 11 is 0. The molecule has 0 spiro atoms. The number of aliphatic hydroxyl groups excluding tert-OH is 2. The Labute approximate surface area is 366 Å². The van der Waals surface area contributed by atoms with Crippen molar-refractivity contribution in [3.63, 3.8) is 0 Å². The smallest absolute Gasteiger partial charge is 0.122 e. The van der Waals surface area contributed by atoms with E-state index >= 15 is 0 Å². The quantitative estimate of drug-likeness (QED) is 0.115. The maximum atomic E-state index is 10.0. The molecule has 0 aromatic heterocycles. The maximum absolute atomic E-state index is 10.0. The van der Waals surface area contributed by atoms with E-state index in [0.717, 1.165) is 70.6 Å². The fourth-order valence-electron chi connectivity index (χ4n) is 9.24. The molecule has 0 saturated heterocycles. The van der Waals surface area contributed by atoms with Gasteiger partial charge in [-0.15, -0.1) is 0 Å². The minimum Gasteiger partial charge on any atom is -0.496 e. The number of aliphatic hydroxyl groups is 2. The molecule has 6 rings (SSSR count). The van der Waals surface area contributed by atoms with Crippen molar-refractivity contribution < 1.29 is 19.7 Å². The SMILES string of the molecule is COc1cc(C)c(Cc2cc(C(C)(C)c3cc(Cc4cc(C)c(CO)cc4C)c(C)c(Cc4cc(C)c(OC)cc4C)c3)cc(Cc3cc(C)c(CO)cc3C)c2C)cc1C. The van der Waals surface area contributed by atoms with Gasteiger partial charge in [0.05, 0.1) is 27.4 Å². The summed E-state index contributed by atoms with van der Waals surface area (Å²) in [5.74, 6) is 1.85. The van der Waals surface area contributed by atoms with Gasteiger partial charge in [-0.25, -0.2) is 0 Å². The summed E-state index contributed by atoms with van der Waals surface area (Å²) in [4.78, 5) is 0. The van der Waals surface area contributed by atoms with Crippen molar-refractivity contribution in [1.82, 2.24) is 0 Å². The Kier molecular flexibility index (Phi) is 13.7.